The number of hydrogen-bond acceptors (Lipinski definition) is 3. The summed E-state index contributed by atoms with van der Waals surface area (Å²) in [5.74, 6) is 0.594. The Balaban J connectivity index is 1.57. The summed E-state index contributed by atoms with van der Waals surface area (Å²) in [6, 6.07) is 14.9. The SMILES string of the molecule is CC(NC(=O)c1ccc2nc[nH]c2c1)c1cc2ccccc2o1. The molecule has 0 fully saturated rings. The molecule has 1 amide bonds. The number of hydrogen-bond donors (Lipinski definition) is 2. The number of aromatic nitrogens is 2. The van der Waals surface area contributed by atoms with Gasteiger partial charge >= 0.3 is 0 Å². The van der Waals surface area contributed by atoms with Gasteiger partial charge in [-0.25, -0.2) is 4.98 Å². The second-order valence-electron chi connectivity index (χ2n) is 5.52. The molecule has 0 spiro atoms. The number of carbonyl (C=O) groups excluding carboxylic acids is 1. The van der Waals surface area contributed by atoms with Crippen molar-refractivity contribution in [2.45, 2.75) is 13.0 Å². The van der Waals surface area contributed by atoms with Gasteiger partial charge in [0.2, 0.25) is 0 Å². The maximum absolute atomic E-state index is 12.4. The van der Waals surface area contributed by atoms with E-state index in [0.29, 0.717) is 5.56 Å². The third kappa shape index (κ3) is 2.46. The van der Waals surface area contributed by atoms with Gasteiger partial charge in [-0.05, 0) is 37.3 Å². The van der Waals surface area contributed by atoms with Crippen LogP contribution in [0.3, 0.4) is 0 Å². The van der Waals surface area contributed by atoms with E-state index in [2.05, 4.69) is 15.3 Å². The molecule has 5 heteroatoms. The average Bonchev–Trinajstić information content (AvgIpc) is 3.20. The molecule has 0 bridgehead atoms. The predicted octanol–water partition coefficient (Wildman–Crippen LogP) is 3.80. The molecule has 1 atom stereocenters. The number of fused-ring (bicyclic) bond motifs is 2. The first kappa shape index (κ1) is 13.6. The molecule has 23 heavy (non-hydrogen) atoms. The molecule has 114 valence electrons. The molecule has 2 heterocycles. The third-order valence-corrected chi connectivity index (χ3v) is 3.90. The van der Waals surface area contributed by atoms with Crippen LogP contribution in [0.4, 0.5) is 0 Å². The van der Waals surface area contributed by atoms with E-state index >= 15 is 0 Å². The lowest BCUT2D eigenvalue weighted by molar-refractivity contribution is 0.0936. The van der Waals surface area contributed by atoms with Crippen molar-refractivity contribution in [3.63, 3.8) is 0 Å². The molecule has 1 unspecified atom stereocenters. The predicted molar refractivity (Wildman–Crippen MR) is 88.2 cm³/mol. The maximum atomic E-state index is 12.4. The summed E-state index contributed by atoms with van der Waals surface area (Å²) in [6.45, 7) is 1.91. The smallest absolute Gasteiger partial charge is 0.251 e. The Bertz CT molecular complexity index is 967. The Kier molecular flexibility index (Phi) is 3.12. The molecule has 0 radical (unpaired) electrons. The van der Waals surface area contributed by atoms with Crippen molar-refractivity contribution in [3.05, 3.63) is 66.2 Å². The Labute approximate surface area is 132 Å². The van der Waals surface area contributed by atoms with Gasteiger partial charge in [0, 0.05) is 10.9 Å². The molecule has 2 N–H and O–H groups in total. The van der Waals surface area contributed by atoms with Crippen LogP contribution >= 0.6 is 0 Å². The first-order valence-corrected chi connectivity index (χ1v) is 7.43. The van der Waals surface area contributed by atoms with Gasteiger partial charge in [-0.15, -0.1) is 0 Å². The van der Waals surface area contributed by atoms with E-state index in [1.807, 2.05) is 43.3 Å². The Morgan fingerprint density at radius 2 is 2.09 bits per heavy atom. The van der Waals surface area contributed by atoms with Crippen molar-refractivity contribution in [3.8, 4) is 0 Å². The summed E-state index contributed by atoms with van der Waals surface area (Å²) >= 11 is 0. The molecule has 5 nitrogen and oxygen atoms in total. The Morgan fingerprint density at radius 1 is 1.22 bits per heavy atom. The van der Waals surface area contributed by atoms with E-state index in [-0.39, 0.29) is 11.9 Å². The summed E-state index contributed by atoms with van der Waals surface area (Å²) in [5.41, 5.74) is 3.09. The van der Waals surface area contributed by atoms with Crippen molar-refractivity contribution < 1.29 is 9.21 Å². The van der Waals surface area contributed by atoms with E-state index in [9.17, 15) is 4.79 Å². The van der Waals surface area contributed by atoms with Crippen LogP contribution in [0.2, 0.25) is 0 Å². The van der Waals surface area contributed by atoms with Crippen LogP contribution < -0.4 is 5.32 Å². The Hall–Kier alpha value is -3.08. The van der Waals surface area contributed by atoms with Crippen LogP contribution in [0.15, 0.2) is 59.3 Å². The zero-order chi connectivity index (χ0) is 15.8. The van der Waals surface area contributed by atoms with E-state index in [0.717, 1.165) is 27.8 Å². The number of nitrogens with one attached hydrogen (secondary N) is 2. The van der Waals surface area contributed by atoms with Crippen LogP contribution in [0, 0.1) is 0 Å². The second-order valence-corrected chi connectivity index (χ2v) is 5.52. The first-order valence-electron chi connectivity index (χ1n) is 7.43. The number of nitrogens with zero attached hydrogens (tertiary/aromatic N) is 1. The van der Waals surface area contributed by atoms with Crippen molar-refractivity contribution >= 4 is 27.9 Å². The van der Waals surface area contributed by atoms with Gasteiger partial charge in [0.15, 0.2) is 0 Å². The van der Waals surface area contributed by atoms with Crippen LogP contribution in [0.5, 0.6) is 0 Å². The number of furan rings is 1. The van der Waals surface area contributed by atoms with E-state index in [1.54, 1.807) is 18.5 Å². The summed E-state index contributed by atoms with van der Waals surface area (Å²) in [4.78, 5) is 19.6. The van der Waals surface area contributed by atoms with Gasteiger partial charge in [0.05, 0.1) is 23.4 Å². The zero-order valence-electron chi connectivity index (χ0n) is 12.5. The first-order chi connectivity index (χ1) is 11.2. The number of H-pyrrole nitrogens is 1. The van der Waals surface area contributed by atoms with Gasteiger partial charge in [-0.1, -0.05) is 18.2 Å². The van der Waals surface area contributed by atoms with Crippen molar-refractivity contribution in [1.82, 2.24) is 15.3 Å². The van der Waals surface area contributed by atoms with Gasteiger partial charge in [-0.3, -0.25) is 4.79 Å². The van der Waals surface area contributed by atoms with Crippen LogP contribution in [-0.4, -0.2) is 15.9 Å². The molecule has 0 aliphatic rings. The van der Waals surface area contributed by atoms with Crippen LogP contribution in [-0.2, 0) is 0 Å². The summed E-state index contributed by atoms with van der Waals surface area (Å²) in [7, 11) is 0. The van der Waals surface area contributed by atoms with E-state index in [1.165, 1.54) is 0 Å². The lowest BCUT2D eigenvalue weighted by Crippen LogP contribution is -2.26. The van der Waals surface area contributed by atoms with Crippen LogP contribution in [0.1, 0.15) is 29.1 Å². The fourth-order valence-electron chi connectivity index (χ4n) is 2.64. The monoisotopic (exact) mass is 305 g/mol. The number of carbonyl (C=O) groups is 1. The number of amides is 1. The van der Waals surface area contributed by atoms with Crippen molar-refractivity contribution in [2.24, 2.45) is 0 Å². The summed E-state index contributed by atoms with van der Waals surface area (Å²) < 4.78 is 5.79. The topological polar surface area (TPSA) is 70.9 Å². The number of para-hydroxylation sites is 1. The Morgan fingerprint density at radius 3 is 2.96 bits per heavy atom. The fraction of sp³-hybridized carbons (Fsp3) is 0.111. The number of rotatable bonds is 3. The molecule has 2 aromatic carbocycles. The highest BCUT2D eigenvalue weighted by molar-refractivity contribution is 5.97. The molecule has 0 saturated carbocycles. The average molecular weight is 305 g/mol. The fourth-order valence-corrected chi connectivity index (χ4v) is 2.64. The quantitative estimate of drug-likeness (QED) is 0.605. The van der Waals surface area contributed by atoms with Gasteiger partial charge < -0.3 is 14.7 Å². The minimum Gasteiger partial charge on any atom is -0.459 e. The van der Waals surface area contributed by atoms with Gasteiger partial charge in [0.25, 0.3) is 5.91 Å². The molecule has 4 aromatic rings. The zero-order valence-corrected chi connectivity index (χ0v) is 12.5. The largest absolute Gasteiger partial charge is 0.459 e. The maximum Gasteiger partial charge on any atom is 0.251 e. The number of imidazole rings is 1. The van der Waals surface area contributed by atoms with Gasteiger partial charge in [0.1, 0.15) is 11.3 Å². The normalized spacial score (nSPS) is 12.6. The molecular formula is C18H15N3O2. The number of benzene rings is 2. The third-order valence-electron chi connectivity index (χ3n) is 3.90. The summed E-state index contributed by atoms with van der Waals surface area (Å²) in [5, 5.41) is 3.99. The molecule has 0 aliphatic heterocycles. The van der Waals surface area contributed by atoms with E-state index in [4.69, 9.17) is 4.42 Å². The molecular weight excluding hydrogens is 290 g/mol. The number of aromatic amines is 1. The van der Waals surface area contributed by atoms with Crippen molar-refractivity contribution in [1.29, 1.82) is 0 Å². The molecule has 0 aliphatic carbocycles. The molecule has 0 saturated heterocycles. The molecule has 2 aromatic heterocycles. The highest BCUT2D eigenvalue weighted by atomic mass is 16.3. The highest BCUT2D eigenvalue weighted by Gasteiger charge is 2.15. The standard InChI is InChI=1S/C18H15N3O2/c1-11(17-9-12-4-2-3-5-16(12)23-17)21-18(22)13-6-7-14-15(8-13)20-10-19-14/h2-11H,1H3,(H,19,20)(H,21,22). The lowest BCUT2D eigenvalue weighted by atomic mass is 10.1. The summed E-state index contributed by atoms with van der Waals surface area (Å²) in [6.07, 6.45) is 1.61. The minimum atomic E-state index is -0.215. The van der Waals surface area contributed by atoms with Crippen LogP contribution in [0.25, 0.3) is 22.0 Å². The molecule has 4 rings (SSSR count). The minimum absolute atomic E-state index is 0.144. The van der Waals surface area contributed by atoms with Gasteiger partial charge in [-0.2, -0.15) is 0 Å². The second kappa shape index (κ2) is 5.28. The highest BCUT2D eigenvalue weighted by Crippen LogP contribution is 2.24. The van der Waals surface area contributed by atoms with Crippen molar-refractivity contribution in [2.75, 3.05) is 0 Å². The lowest BCUT2D eigenvalue weighted by Gasteiger charge is -2.11. The van der Waals surface area contributed by atoms with E-state index < -0.39 is 0 Å².